The third kappa shape index (κ3) is 4.28. The maximum Gasteiger partial charge on any atom is 0.337 e. The number of hydrogen-bond donors (Lipinski definition) is 1. The Morgan fingerprint density at radius 1 is 1.29 bits per heavy atom. The van der Waals surface area contributed by atoms with Gasteiger partial charge >= 0.3 is 5.97 Å². The van der Waals surface area contributed by atoms with Crippen LogP contribution in [0.3, 0.4) is 0 Å². The molecule has 0 unspecified atom stereocenters. The van der Waals surface area contributed by atoms with Gasteiger partial charge in [-0.3, -0.25) is 4.79 Å². The number of carbonyl (C=O) groups excluding carboxylic acids is 2. The summed E-state index contributed by atoms with van der Waals surface area (Å²) < 4.78 is 10.2. The fourth-order valence-electron chi connectivity index (χ4n) is 1.54. The van der Waals surface area contributed by atoms with Crippen LogP contribution >= 0.6 is 11.3 Å². The van der Waals surface area contributed by atoms with E-state index in [2.05, 4.69) is 15.0 Å². The molecule has 0 radical (unpaired) electrons. The molecule has 7 heteroatoms. The lowest BCUT2D eigenvalue weighted by atomic mass is 10.2. The third-order valence-corrected chi connectivity index (χ3v) is 3.30. The second-order valence-electron chi connectivity index (χ2n) is 4.13. The highest BCUT2D eigenvalue weighted by Crippen LogP contribution is 2.18. The van der Waals surface area contributed by atoms with Crippen molar-refractivity contribution >= 4 is 28.3 Å². The predicted molar refractivity (Wildman–Crippen MR) is 78.5 cm³/mol. The molecule has 1 aromatic heterocycles. The number of ether oxygens (including phenoxy) is 2. The highest BCUT2D eigenvalue weighted by atomic mass is 32.1. The third-order valence-electron chi connectivity index (χ3n) is 2.50. The van der Waals surface area contributed by atoms with Gasteiger partial charge in [0.15, 0.2) is 5.13 Å². The van der Waals surface area contributed by atoms with Gasteiger partial charge in [-0.2, -0.15) is 0 Å². The molecule has 1 heterocycles. The maximum atomic E-state index is 11.3. The Hall–Kier alpha value is -2.41. The van der Waals surface area contributed by atoms with Gasteiger partial charge < -0.3 is 14.8 Å². The van der Waals surface area contributed by atoms with Crippen LogP contribution < -0.4 is 10.1 Å². The highest BCUT2D eigenvalue weighted by molar-refractivity contribution is 7.13. The first-order valence-corrected chi connectivity index (χ1v) is 6.99. The fraction of sp³-hybridized carbons (Fsp3) is 0.214. The number of hydrogen-bond acceptors (Lipinski definition) is 6. The Bertz CT molecular complexity index is 637. The summed E-state index contributed by atoms with van der Waals surface area (Å²) in [4.78, 5) is 26.4. The van der Waals surface area contributed by atoms with Gasteiger partial charge in [-0.05, 0) is 24.3 Å². The van der Waals surface area contributed by atoms with Crippen molar-refractivity contribution in [1.29, 1.82) is 0 Å². The number of esters is 1. The lowest BCUT2D eigenvalue weighted by Crippen LogP contribution is -2.05. The number of aromatic nitrogens is 1. The van der Waals surface area contributed by atoms with Gasteiger partial charge in [0.1, 0.15) is 12.4 Å². The largest absolute Gasteiger partial charge is 0.487 e. The van der Waals surface area contributed by atoms with Crippen molar-refractivity contribution in [2.75, 3.05) is 12.4 Å². The van der Waals surface area contributed by atoms with E-state index in [-0.39, 0.29) is 18.5 Å². The second-order valence-corrected chi connectivity index (χ2v) is 4.99. The minimum atomic E-state index is -0.388. The van der Waals surface area contributed by atoms with Crippen molar-refractivity contribution < 1.29 is 19.1 Å². The zero-order valence-electron chi connectivity index (χ0n) is 11.6. The van der Waals surface area contributed by atoms with Crippen molar-refractivity contribution in [2.45, 2.75) is 13.5 Å². The zero-order chi connectivity index (χ0) is 15.2. The molecule has 0 saturated heterocycles. The summed E-state index contributed by atoms with van der Waals surface area (Å²) in [6.07, 6.45) is 0. The molecule has 0 fully saturated rings. The van der Waals surface area contributed by atoms with Crippen LogP contribution in [0.25, 0.3) is 0 Å². The summed E-state index contributed by atoms with van der Waals surface area (Å²) in [5.74, 6) is 0.0768. The molecule has 0 bridgehead atoms. The summed E-state index contributed by atoms with van der Waals surface area (Å²) in [5, 5.41) is 4.97. The number of amides is 1. The zero-order valence-corrected chi connectivity index (χ0v) is 12.4. The van der Waals surface area contributed by atoms with E-state index < -0.39 is 0 Å². The molecular weight excluding hydrogens is 292 g/mol. The van der Waals surface area contributed by atoms with E-state index in [1.807, 2.05) is 5.38 Å². The van der Waals surface area contributed by atoms with Crippen LogP contribution in [0.5, 0.6) is 5.75 Å². The number of rotatable bonds is 5. The maximum absolute atomic E-state index is 11.3. The number of thiazole rings is 1. The smallest absolute Gasteiger partial charge is 0.337 e. The lowest BCUT2D eigenvalue weighted by molar-refractivity contribution is -0.114. The van der Waals surface area contributed by atoms with Gasteiger partial charge in [-0.25, -0.2) is 9.78 Å². The summed E-state index contributed by atoms with van der Waals surface area (Å²) >= 11 is 1.34. The second kappa shape index (κ2) is 6.85. The molecule has 0 aliphatic rings. The van der Waals surface area contributed by atoms with Crippen LogP contribution in [0.2, 0.25) is 0 Å². The molecule has 2 rings (SSSR count). The molecule has 1 aromatic carbocycles. The van der Waals surface area contributed by atoms with Crippen LogP contribution in [0.1, 0.15) is 23.0 Å². The minimum Gasteiger partial charge on any atom is -0.487 e. The molecule has 1 amide bonds. The number of carbonyl (C=O) groups is 2. The van der Waals surface area contributed by atoms with E-state index in [4.69, 9.17) is 4.74 Å². The van der Waals surface area contributed by atoms with E-state index >= 15 is 0 Å². The van der Waals surface area contributed by atoms with Crippen LogP contribution in [0, 0.1) is 0 Å². The molecule has 0 saturated carbocycles. The molecule has 6 nitrogen and oxygen atoms in total. The normalized spacial score (nSPS) is 10.0. The van der Waals surface area contributed by atoms with E-state index in [9.17, 15) is 9.59 Å². The minimum absolute atomic E-state index is 0.157. The van der Waals surface area contributed by atoms with Crippen LogP contribution in [-0.2, 0) is 16.1 Å². The molecule has 0 atom stereocenters. The van der Waals surface area contributed by atoms with Gasteiger partial charge in [0.2, 0.25) is 5.91 Å². The van der Waals surface area contributed by atoms with E-state index in [1.165, 1.54) is 25.4 Å². The topological polar surface area (TPSA) is 77.5 Å². The molecule has 0 spiro atoms. The number of methoxy groups -OCH3 is 1. The Kier molecular flexibility index (Phi) is 4.89. The Balaban J connectivity index is 1.92. The monoisotopic (exact) mass is 306 g/mol. The number of benzene rings is 1. The first kappa shape index (κ1) is 15.0. The number of nitrogens with zero attached hydrogens (tertiary/aromatic N) is 1. The fourth-order valence-corrected chi connectivity index (χ4v) is 2.28. The number of nitrogens with one attached hydrogen (secondary N) is 1. The standard InChI is InChI=1S/C14H14N2O4S/c1-9(17)15-14-16-11(8-21-14)7-20-12-5-3-10(4-6-12)13(18)19-2/h3-6,8H,7H2,1-2H3,(H,15,16,17). The van der Waals surface area contributed by atoms with Gasteiger partial charge in [-0.1, -0.05) is 0 Å². The van der Waals surface area contributed by atoms with Gasteiger partial charge in [-0.15, -0.1) is 11.3 Å². The van der Waals surface area contributed by atoms with E-state index in [0.29, 0.717) is 16.4 Å². The van der Waals surface area contributed by atoms with Crippen LogP contribution in [0.15, 0.2) is 29.6 Å². The van der Waals surface area contributed by atoms with E-state index in [1.54, 1.807) is 24.3 Å². The van der Waals surface area contributed by atoms with Crippen molar-refractivity contribution in [1.82, 2.24) is 4.98 Å². The summed E-state index contributed by atoms with van der Waals surface area (Å²) in [6.45, 7) is 1.72. The average molecular weight is 306 g/mol. The quantitative estimate of drug-likeness (QED) is 0.859. The molecule has 0 aliphatic carbocycles. The van der Waals surface area contributed by atoms with Crippen molar-refractivity contribution in [3.8, 4) is 5.75 Å². The van der Waals surface area contributed by atoms with Gasteiger partial charge in [0, 0.05) is 12.3 Å². The van der Waals surface area contributed by atoms with Crippen molar-refractivity contribution in [3.05, 3.63) is 40.9 Å². The Morgan fingerprint density at radius 2 is 2.00 bits per heavy atom. The predicted octanol–water partition coefficient (Wildman–Crippen LogP) is 2.47. The Morgan fingerprint density at radius 3 is 2.62 bits per heavy atom. The first-order valence-electron chi connectivity index (χ1n) is 6.11. The summed E-state index contributed by atoms with van der Waals surface area (Å²) in [6, 6.07) is 6.64. The number of anilines is 1. The lowest BCUT2D eigenvalue weighted by Gasteiger charge is -2.05. The molecular formula is C14H14N2O4S. The average Bonchev–Trinajstić information content (AvgIpc) is 2.91. The van der Waals surface area contributed by atoms with Crippen molar-refractivity contribution in [3.63, 3.8) is 0 Å². The highest BCUT2D eigenvalue weighted by Gasteiger charge is 2.06. The van der Waals surface area contributed by atoms with E-state index in [0.717, 1.165) is 5.69 Å². The summed E-state index contributed by atoms with van der Waals surface area (Å²) in [7, 11) is 1.33. The Labute approximate surface area is 125 Å². The van der Waals surface area contributed by atoms with Crippen LogP contribution in [0.4, 0.5) is 5.13 Å². The summed E-state index contributed by atoms with van der Waals surface area (Å²) in [5.41, 5.74) is 1.19. The van der Waals surface area contributed by atoms with Gasteiger partial charge in [0.05, 0.1) is 18.4 Å². The molecule has 110 valence electrons. The van der Waals surface area contributed by atoms with Gasteiger partial charge in [0.25, 0.3) is 0 Å². The SMILES string of the molecule is COC(=O)c1ccc(OCc2csc(NC(C)=O)n2)cc1. The van der Waals surface area contributed by atoms with Crippen molar-refractivity contribution in [2.24, 2.45) is 0 Å². The van der Waals surface area contributed by atoms with Crippen LogP contribution in [-0.4, -0.2) is 24.0 Å². The molecule has 0 aliphatic heterocycles. The molecule has 1 N–H and O–H groups in total. The molecule has 21 heavy (non-hydrogen) atoms. The molecule has 2 aromatic rings. The first-order chi connectivity index (χ1) is 10.1.